The number of ether oxygens (including phenoxy) is 3. The minimum absolute atomic E-state index is 0.0636. The van der Waals surface area contributed by atoms with Crippen molar-refractivity contribution in [2.24, 2.45) is 5.92 Å². The first kappa shape index (κ1) is 57.4. The lowest BCUT2D eigenvalue weighted by atomic mass is 10.0. The van der Waals surface area contributed by atoms with Gasteiger partial charge in [0.2, 0.25) is 0 Å². The Morgan fingerprint density at radius 2 is 0.559 bits per heavy atom. The van der Waals surface area contributed by atoms with Gasteiger partial charge in [0.25, 0.3) is 0 Å². The maximum absolute atomic E-state index is 12.7. The maximum atomic E-state index is 12.7. The monoisotopic (exact) mass is 835 g/mol. The lowest BCUT2D eigenvalue weighted by molar-refractivity contribution is -0.167. The standard InChI is InChI=1S/C53H102O6/c1-5-7-9-11-12-13-14-15-20-24-27-30-33-37-41-45-52(55)58-48-50(47-57-51(54)44-40-35-10-8-6-2)59-53(56)46-42-38-34-31-28-25-22-19-17-16-18-21-23-26-29-32-36-39-43-49(3)4/h49-50H,5-48H2,1-4H3/t50-/m0/s1. The Kier molecular flexibility index (Phi) is 46.2. The molecule has 0 heterocycles. The number of esters is 3. The molecule has 0 spiro atoms. The third kappa shape index (κ3) is 47.3. The first-order valence-corrected chi connectivity index (χ1v) is 26.4. The predicted molar refractivity (Wildman–Crippen MR) is 252 cm³/mol. The van der Waals surface area contributed by atoms with E-state index in [1.807, 2.05) is 0 Å². The molecule has 0 N–H and O–H groups in total. The number of rotatable bonds is 48. The van der Waals surface area contributed by atoms with E-state index in [0.717, 1.165) is 70.1 Å². The van der Waals surface area contributed by atoms with Gasteiger partial charge in [-0.25, -0.2) is 0 Å². The van der Waals surface area contributed by atoms with Gasteiger partial charge in [-0.15, -0.1) is 0 Å². The van der Waals surface area contributed by atoms with Crippen molar-refractivity contribution in [1.82, 2.24) is 0 Å². The average Bonchev–Trinajstić information content (AvgIpc) is 3.22. The Morgan fingerprint density at radius 3 is 0.831 bits per heavy atom. The summed E-state index contributed by atoms with van der Waals surface area (Å²) < 4.78 is 16.7. The molecule has 6 nitrogen and oxygen atoms in total. The Bertz CT molecular complexity index is 887. The molecule has 0 saturated heterocycles. The molecule has 0 rings (SSSR count). The van der Waals surface area contributed by atoms with Gasteiger partial charge < -0.3 is 14.2 Å². The van der Waals surface area contributed by atoms with Gasteiger partial charge >= 0.3 is 17.9 Å². The van der Waals surface area contributed by atoms with Crippen molar-refractivity contribution in [2.45, 2.75) is 303 Å². The zero-order valence-corrected chi connectivity index (χ0v) is 40.2. The molecular weight excluding hydrogens is 733 g/mol. The molecule has 0 radical (unpaired) electrons. The first-order valence-electron chi connectivity index (χ1n) is 26.4. The summed E-state index contributed by atoms with van der Waals surface area (Å²) in [5.74, 6) is 0.000428. The molecular formula is C53H102O6. The van der Waals surface area contributed by atoms with Crippen LogP contribution in [0.2, 0.25) is 0 Å². The molecule has 0 aliphatic rings. The fourth-order valence-electron chi connectivity index (χ4n) is 8.04. The van der Waals surface area contributed by atoms with Crippen molar-refractivity contribution in [3.63, 3.8) is 0 Å². The summed E-state index contributed by atoms with van der Waals surface area (Å²) in [4.78, 5) is 37.7. The largest absolute Gasteiger partial charge is 0.462 e. The molecule has 0 unspecified atom stereocenters. The van der Waals surface area contributed by atoms with E-state index in [1.54, 1.807) is 0 Å². The molecule has 0 aromatic heterocycles. The van der Waals surface area contributed by atoms with Crippen LogP contribution in [0, 0.1) is 5.92 Å². The first-order chi connectivity index (χ1) is 28.9. The van der Waals surface area contributed by atoms with Crippen molar-refractivity contribution < 1.29 is 28.6 Å². The number of unbranched alkanes of at least 4 members (excludes halogenated alkanes) is 35. The van der Waals surface area contributed by atoms with Crippen molar-refractivity contribution in [3.8, 4) is 0 Å². The van der Waals surface area contributed by atoms with Crippen molar-refractivity contribution >= 4 is 17.9 Å². The van der Waals surface area contributed by atoms with Gasteiger partial charge in [-0.05, 0) is 25.2 Å². The fraction of sp³-hybridized carbons (Fsp3) is 0.943. The fourth-order valence-corrected chi connectivity index (χ4v) is 8.04. The van der Waals surface area contributed by atoms with Crippen LogP contribution in [0.4, 0.5) is 0 Å². The molecule has 0 aromatic rings. The molecule has 0 saturated carbocycles. The molecule has 0 aromatic carbocycles. The number of hydrogen-bond donors (Lipinski definition) is 0. The van der Waals surface area contributed by atoms with Crippen LogP contribution in [0.25, 0.3) is 0 Å². The molecule has 0 amide bonds. The molecule has 0 fully saturated rings. The van der Waals surface area contributed by atoms with Crippen molar-refractivity contribution in [3.05, 3.63) is 0 Å². The Hall–Kier alpha value is -1.59. The average molecular weight is 835 g/mol. The molecule has 0 aliphatic heterocycles. The smallest absolute Gasteiger partial charge is 0.306 e. The van der Waals surface area contributed by atoms with Crippen molar-refractivity contribution in [1.29, 1.82) is 0 Å². The van der Waals surface area contributed by atoms with Gasteiger partial charge in [-0.2, -0.15) is 0 Å². The molecule has 6 heteroatoms. The van der Waals surface area contributed by atoms with Crippen LogP contribution >= 0.6 is 0 Å². The lowest BCUT2D eigenvalue weighted by Gasteiger charge is -2.18. The highest BCUT2D eigenvalue weighted by Crippen LogP contribution is 2.17. The second-order valence-electron chi connectivity index (χ2n) is 18.6. The third-order valence-electron chi connectivity index (χ3n) is 12.0. The topological polar surface area (TPSA) is 78.9 Å². The summed E-state index contributed by atoms with van der Waals surface area (Å²) in [6.45, 7) is 8.97. The van der Waals surface area contributed by atoms with E-state index in [1.165, 1.54) is 186 Å². The number of hydrogen-bond acceptors (Lipinski definition) is 6. The predicted octanol–water partition coefficient (Wildman–Crippen LogP) is 17.1. The van der Waals surface area contributed by atoms with E-state index in [0.29, 0.717) is 19.3 Å². The van der Waals surface area contributed by atoms with Gasteiger partial charge in [0.15, 0.2) is 6.10 Å². The summed E-state index contributed by atoms with van der Waals surface area (Å²) in [5, 5.41) is 0. The second-order valence-corrected chi connectivity index (χ2v) is 18.6. The van der Waals surface area contributed by atoms with E-state index < -0.39 is 6.10 Å². The van der Waals surface area contributed by atoms with Crippen LogP contribution in [-0.2, 0) is 28.6 Å². The third-order valence-corrected chi connectivity index (χ3v) is 12.0. The summed E-state index contributed by atoms with van der Waals surface area (Å²) in [6, 6.07) is 0. The van der Waals surface area contributed by atoms with Crippen LogP contribution in [-0.4, -0.2) is 37.2 Å². The van der Waals surface area contributed by atoms with E-state index in [2.05, 4.69) is 27.7 Å². The van der Waals surface area contributed by atoms with Crippen LogP contribution in [0.15, 0.2) is 0 Å². The van der Waals surface area contributed by atoms with Gasteiger partial charge in [0.05, 0.1) is 0 Å². The molecule has 1 atom stereocenters. The van der Waals surface area contributed by atoms with E-state index in [9.17, 15) is 14.4 Å². The summed E-state index contributed by atoms with van der Waals surface area (Å²) in [5.41, 5.74) is 0. The number of carbonyl (C=O) groups is 3. The Balaban J connectivity index is 4.07. The van der Waals surface area contributed by atoms with Gasteiger partial charge in [0.1, 0.15) is 13.2 Å². The van der Waals surface area contributed by atoms with Crippen LogP contribution in [0.3, 0.4) is 0 Å². The van der Waals surface area contributed by atoms with E-state index in [4.69, 9.17) is 14.2 Å². The van der Waals surface area contributed by atoms with Crippen LogP contribution < -0.4 is 0 Å². The van der Waals surface area contributed by atoms with Crippen LogP contribution in [0.5, 0.6) is 0 Å². The van der Waals surface area contributed by atoms with Crippen molar-refractivity contribution in [2.75, 3.05) is 13.2 Å². The number of carbonyl (C=O) groups excluding carboxylic acids is 3. The van der Waals surface area contributed by atoms with Gasteiger partial charge in [0, 0.05) is 19.3 Å². The SMILES string of the molecule is CCCCCCCCCCCCCCCCCC(=O)OC[C@H](COC(=O)CCCCCCC)OC(=O)CCCCCCCCCCCCCCCCCCCCC(C)C. The molecule has 350 valence electrons. The van der Waals surface area contributed by atoms with Crippen LogP contribution in [0.1, 0.15) is 297 Å². The van der Waals surface area contributed by atoms with Gasteiger partial charge in [-0.1, -0.05) is 259 Å². The molecule has 59 heavy (non-hydrogen) atoms. The normalized spacial score (nSPS) is 11.9. The zero-order chi connectivity index (χ0) is 43.1. The quantitative estimate of drug-likeness (QED) is 0.0345. The van der Waals surface area contributed by atoms with Gasteiger partial charge in [-0.3, -0.25) is 14.4 Å². The molecule has 0 aliphatic carbocycles. The maximum Gasteiger partial charge on any atom is 0.306 e. The lowest BCUT2D eigenvalue weighted by Crippen LogP contribution is -2.30. The summed E-state index contributed by atoms with van der Waals surface area (Å²) in [6.07, 6.45) is 49.8. The highest BCUT2D eigenvalue weighted by atomic mass is 16.6. The second kappa shape index (κ2) is 47.5. The summed E-state index contributed by atoms with van der Waals surface area (Å²) in [7, 11) is 0. The highest BCUT2D eigenvalue weighted by Gasteiger charge is 2.19. The van der Waals surface area contributed by atoms with E-state index in [-0.39, 0.29) is 31.1 Å². The zero-order valence-electron chi connectivity index (χ0n) is 40.2. The van der Waals surface area contributed by atoms with E-state index >= 15 is 0 Å². The molecule has 0 bridgehead atoms. The highest BCUT2D eigenvalue weighted by molar-refractivity contribution is 5.71. The minimum atomic E-state index is -0.759. The Labute approximate surface area is 368 Å². The summed E-state index contributed by atoms with van der Waals surface area (Å²) >= 11 is 0. The minimum Gasteiger partial charge on any atom is -0.462 e. The Morgan fingerprint density at radius 1 is 0.322 bits per heavy atom.